The molecule has 0 radical (unpaired) electrons. The van der Waals surface area contributed by atoms with E-state index < -0.39 is 0 Å². The number of nitriles is 1. The number of hydrogen-bond acceptors (Lipinski definition) is 5. The highest BCUT2D eigenvalue weighted by molar-refractivity contribution is 9.10. The highest BCUT2D eigenvalue weighted by atomic mass is 79.9. The van der Waals surface area contributed by atoms with Gasteiger partial charge in [0.15, 0.2) is 5.84 Å². The van der Waals surface area contributed by atoms with Crippen molar-refractivity contribution in [3.8, 4) is 6.07 Å². The van der Waals surface area contributed by atoms with Gasteiger partial charge in [-0.2, -0.15) is 10.4 Å². The lowest BCUT2D eigenvalue weighted by Gasteiger charge is -2.10. The third kappa shape index (κ3) is 3.75. The van der Waals surface area contributed by atoms with Crippen LogP contribution in [0.1, 0.15) is 6.92 Å². The number of benzene rings is 1. The second-order valence-corrected chi connectivity index (χ2v) is 4.23. The van der Waals surface area contributed by atoms with E-state index >= 15 is 0 Å². The minimum absolute atomic E-state index is 0.155. The molecule has 0 aliphatic carbocycles. The van der Waals surface area contributed by atoms with E-state index in [-0.39, 0.29) is 11.5 Å². The zero-order chi connectivity index (χ0) is 13.5. The van der Waals surface area contributed by atoms with Gasteiger partial charge in [0.25, 0.3) is 0 Å². The molecule has 0 aromatic heterocycles. The molecule has 0 bridgehead atoms. The molecule has 94 valence electrons. The lowest BCUT2D eigenvalue weighted by molar-refractivity contribution is 1.20. The largest absolute Gasteiger partial charge is 0.384 e. The van der Waals surface area contributed by atoms with Gasteiger partial charge in [-0.1, -0.05) is 15.9 Å². The number of rotatable bonds is 5. The number of nitrogens with two attached hydrogens (primary N) is 1. The summed E-state index contributed by atoms with van der Waals surface area (Å²) in [6.45, 7) is 2.74. The summed E-state index contributed by atoms with van der Waals surface area (Å²) in [4.78, 5) is 0. The minimum Gasteiger partial charge on any atom is -0.384 e. The van der Waals surface area contributed by atoms with Gasteiger partial charge in [0.2, 0.25) is 5.71 Å². The molecule has 0 heterocycles. The Hall–Kier alpha value is -2.07. The van der Waals surface area contributed by atoms with Crippen molar-refractivity contribution < 1.29 is 0 Å². The quantitative estimate of drug-likeness (QED) is 0.379. The van der Waals surface area contributed by atoms with Gasteiger partial charge < -0.3 is 11.1 Å². The Morgan fingerprint density at radius 3 is 2.83 bits per heavy atom. The Bertz CT molecular complexity index is 517. The Balaban J connectivity index is 2.99. The van der Waals surface area contributed by atoms with Crippen molar-refractivity contribution in [3.63, 3.8) is 0 Å². The maximum atomic E-state index is 8.74. The highest BCUT2D eigenvalue weighted by Crippen LogP contribution is 2.25. The Labute approximate surface area is 114 Å². The van der Waals surface area contributed by atoms with E-state index in [2.05, 4.69) is 31.8 Å². The standard InChI is InChI=1S/C11H13BrN6/c1-2-16-8-4-3-7(12)5-9(8)17-18-10(6-13)11(14)15/h3-5,16-17H,2H2,1H3,(H3,14,15)/b18-10+. The Kier molecular flexibility index (Phi) is 5.14. The van der Waals surface area contributed by atoms with Crippen LogP contribution < -0.4 is 16.5 Å². The van der Waals surface area contributed by atoms with E-state index in [9.17, 15) is 0 Å². The maximum Gasteiger partial charge on any atom is 0.201 e. The van der Waals surface area contributed by atoms with Gasteiger partial charge in [0, 0.05) is 11.0 Å². The van der Waals surface area contributed by atoms with Crippen LogP contribution in [0.5, 0.6) is 0 Å². The third-order valence-corrected chi connectivity index (χ3v) is 2.49. The average molecular weight is 309 g/mol. The fraction of sp³-hybridized carbons (Fsp3) is 0.182. The summed E-state index contributed by atoms with van der Waals surface area (Å²) < 4.78 is 0.878. The summed E-state index contributed by atoms with van der Waals surface area (Å²) in [6.07, 6.45) is 0. The van der Waals surface area contributed by atoms with E-state index in [0.29, 0.717) is 5.69 Å². The summed E-state index contributed by atoms with van der Waals surface area (Å²) in [6, 6.07) is 7.33. The first-order valence-electron chi connectivity index (χ1n) is 5.20. The third-order valence-electron chi connectivity index (χ3n) is 2.00. The molecule has 7 heteroatoms. The molecule has 1 aromatic carbocycles. The summed E-state index contributed by atoms with van der Waals surface area (Å²) in [7, 11) is 0. The normalized spacial score (nSPS) is 10.6. The average Bonchev–Trinajstić information content (AvgIpc) is 2.33. The maximum absolute atomic E-state index is 8.74. The predicted molar refractivity (Wildman–Crippen MR) is 76.9 cm³/mol. The number of halogens is 1. The molecule has 1 aromatic rings. The van der Waals surface area contributed by atoms with Crippen LogP contribution in [0.2, 0.25) is 0 Å². The zero-order valence-corrected chi connectivity index (χ0v) is 11.4. The molecule has 5 N–H and O–H groups in total. The van der Waals surface area contributed by atoms with Crippen molar-refractivity contribution in [2.24, 2.45) is 10.8 Å². The van der Waals surface area contributed by atoms with Crippen molar-refractivity contribution in [1.82, 2.24) is 0 Å². The molecule has 0 atom stereocenters. The van der Waals surface area contributed by atoms with E-state index in [1.54, 1.807) is 6.07 Å². The fourth-order valence-electron chi connectivity index (χ4n) is 1.22. The van der Waals surface area contributed by atoms with Gasteiger partial charge in [-0.25, -0.2) is 0 Å². The van der Waals surface area contributed by atoms with Crippen molar-refractivity contribution in [2.45, 2.75) is 6.92 Å². The summed E-state index contributed by atoms with van der Waals surface area (Å²) in [5, 5.41) is 22.8. The monoisotopic (exact) mass is 308 g/mol. The molecule has 0 saturated heterocycles. The SMILES string of the molecule is CCNc1ccc(Br)cc1N/N=C(\C#N)C(=N)N. The van der Waals surface area contributed by atoms with Crippen molar-refractivity contribution in [1.29, 1.82) is 10.7 Å². The van der Waals surface area contributed by atoms with E-state index in [0.717, 1.165) is 16.7 Å². The minimum atomic E-state index is -0.370. The molecule has 1 rings (SSSR count). The van der Waals surface area contributed by atoms with Gasteiger partial charge in [-0.15, -0.1) is 0 Å². The van der Waals surface area contributed by atoms with E-state index in [1.165, 1.54) is 0 Å². The number of anilines is 2. The highest BCUT2D eigenvalue weighted by Gasteiger charge is 2.04. The molecular formula is C11H13BrN6. The molecule has 0 saturated carbocycles. The van der Waals surface area contributed by atoms with Crippen LogP contribution in [0.15, 0.2) is 27.8 Å². The van der Waals surface area contributed by atoms with Crippen LogP contribution in [0.25, 0.3) is 0 Å². The number of amidine groups is 1. The van der Waals surface area contributed by atoms with Crippen LogP contribution >= 0.6 is 15.9 Å². The van der Waals surface area contributed by atoms with Gasteiger partial charge in [0.1, 0.15) is 6.07 Å². The molecule has 0 amide bonds. The first-order valence-corrected chi connectivity index (χ1v) is 5.99. The van der Waals surface area contributed by atoms with Crippen LogP contribution in [0, 0.1) is 16.7 Å². The number of hydrazone groups is 1. The van der Waals surface area contributed by atoms with E-state index in [4.69, 9.17) is 16.4 Å². The molecule has 0 spiro atoms. The van der Waals surface area contributed by atoms with Gasteiger partial charge in [-0.3, -0.25) is 10.8 Å². The first kappa shape index (κ1) is 14.0. The summed E-state index contributed by atoms with van der Waals surface area (Å²) in [5.74, 6) is -0.370. The van der Waals surface area contributed by atoms with Gasteiger partial charge >= 0.3 is 0 Å². The van der Waals surface area contributed by atoms with Crippen LogP contribution in [-0.4, -0.2) is 18.1 Å². The lowest BCUT2D eigenvalue weighted by Crippen LogP contribution is -2.22. The van der Waals surface area contributed by atoms with Gasteiger partial charge in [-0.05, 0) is 25.1 Å². The molecule has 0 aliphatic heterocycles. The predicted octanol–water partition coefficient (Wildman–Crippen LogP) is 2.11. The zero-order valence-electron chi connectivity index (χ0n) is 9.79. The van der Waals surface area contributed by atoms with E-state index in [1.807, 2.05) is 25.1 Å². The fourth-order valence-corrected chi connectivity index (χ4v) is 1.58. The van der Waals surface area contributed by atoms with Crippen LogP contribution in [0.3, 0.4) is 0 Å². The summed E-state index contributed by atoms with van der Waals surface area (Å²) in [5.41, 5.74) is 9.32. The van der Waals surface area contributed by atoms with Crippen molar-refractivity contribution in [3.05, 3.63) is 22.7 Å². The number of nitrogens with one attached hydrogen (secondary N) is 3. The van der Waals surface area contributed by atoms with Crippen LogP contribution in [0.4, 0.5) is 11.4 Å². The van der Waals surface area contributed by atoms with Gasteiger partial charge in [0.05, 0.1) is 11.4 Å². The van der Waals surface area contributed by atoms with Crippen molar-refractivity contribution in [2.75, 3.05) is 17.3 Å². The topological polar surface area (TPSA) is 110 Å². The Morgan fingerprint density at radius 1 is 1.56 bits per heavy atom. The smallest absolute Gasteiger partial charge is 0.201 e. The Morgan fingerprint density at radius 2 is 2.28 bits per heavy atom. The number of hydrogen-bond donors (Lipinski definition) is 4. The molecule has 18 heavy (non-hydrogen) atoms. The van der Waals surface area contributed by atoms with Crippen LogP contribution in [-0.2, 0) is 0 Å². The molecule has 6 nitrogen and oxygen atoms in total. The number of nitrogens with zero attached hydrogens (tertiary/aromatic N) is 2. The second-order valence-electron chi connectivity index (χ2n) is 3.32. The van der Waals surface area contributed by atoms with Crippen molar-refractivity contribution >= 4 is 38.9 Å². The lowest BCUT2D eigenvalue weighted by atomic mass is 10.2. The second kappa shape index (κ2) is 6.61. The molecule has 0 fully saturated rings. The first-order chi connectivity index (χ1) is 8.58. The molecule has 0 unspecified atom stereocenters. The molecular weight excluding hydrogens is 296 g/mol. The summed E-state index contributed by atoms with van der Waals surface area (Å²) >= 11 is 3.35. The molecule has 0 aliphatic rings.